The van der Waals surface area contributed by atoms with Crippen LogP contribution in [0.25, 0.3) is 10.8 Å². The van der Waals surface area contributed by atoms with Gasteiger partial charge in [-0.25, -0.2) is 0 Å². The number of ether oxygens (including phenoxy) is 2. The van der Waals surface area contributed by atoms with E-state index in [2.05, 4.69) is 46.3 Å². The number of benzene rings is 2. The van der Waals surface area contributed by atoms with E-state index < -0.39 is 5.79 Å². The van der Waals surface area contributed by atoms with Crippen LogP contribution in [0.2, 0.25) is 0 Å². The predicted molar refractivity (Wildman–Crippen MR) is 76.4 cm³/mol. The molecule has 0 unspecified atom stereocenters. The van der Waals surface area contributed by atoms with Crippen molar-refractivity contribution in [3.63, 3.8) is 0 Å². The summed E-state index contributed by atoms with van der Waals surface area (Å²) in [5.74, 6) is 0.323. The largest absolute Gasteiger partial charge is 0.461 e. The molecule has 0 spiro atoms. The van der Waals surface area contributed by atoms with Crippen molar-refractivity contribution in [2.45, 2.75) is 24.0 Å². The molecule has 1 heterocycles. The Morgan fingerprint density at radius 3 is 2.83 bits per heavy atom. The van der Waals surface area contributed by atoms with Crippen LogP contribution in [0.5, 0.6) is 5.75 Å². The third kappa shape index (κ3) is 1.73. The Kier molecular flexibility index (Phi) is 2.83. The van der Waals surface area contributed by atoms with Crippen LogP contribution in [-0.4, -0.2) is 17.7 Å². The van der Waals surface area contributed by atoms with Crippen LogP contribution in [0.3, 0.4) is 0 Å². The maximum absolute atomic E-state index is 6.02. The van der Waals surface area contributed by atoms with Gasteiger partial charge in [-0.05, 0) is 23.3 Å². The normalized spacial score (nSPS) is 26.7. The van der Waals surface area contributed by atoms with Crippen molar-refractivity contribution in [2.75, 3.05) is 7.11 Å². The molecule has 3 heteroatoms. The molecular weight excluding hydrogens is 292 g/mol. The summed E-state index contributed by atoms with van der Waals surface area (Å²) in [6, 6.07) is 12.5. The maximum Gasteiger partial charge on any atom is 0.220 e. The van der Waals surface area contributed by atoms with Gasteiger partial charge in [-0.2, -0.15) is 0 Å². The minimum atomic E-state index is -0.602. The van der Waals surface area contributed by atoms with Gasteiger partial charge in [0.25, 0.3) is 0 Å². The van der Waals surface area contributed by atoms with E-state index >= 15 is 0 Å². The van der Waals surface area contributed by atoms with E-state index in [1.165, 1.54) is 16.3 Å². The average molecular weight is 307 g/mol. The number of rotatable bonds is 1. The SMILES string of the molecule is CO[C@@]1(C)Oc2ccc3ccccc3c2C[C@H]1Br. The summed E-state index contributed by atoms with van der Waals surface area (Å²) in [6.07, 6.45) is 0.904. The first-order chi connectivity index (χ1) is 8.64. The van der Waals surface area contributed by atoms with E-state index in [1.807, 2.05) is 13.0 Å². The molecule has 0 radical (unpaired) electrons. The van der Waals surface area contributed by atoms with Crippen LogP contribution in [-0.2, 0) is 11.2 Å². The third-order valence-electron chi connectivity index (χ3n) is 3.67. The quantitative estimate of drug-likeness (QED) is 0.744. The number of hydrogen-bond acceptors (Lipinski definition) is 2. The van der Waals surface area contributed by atoms with Crippen molar-refractivity contribution in [1.29, 1.82) is 0 Å². The Morgan fingerprint density at radius 2 is 2.06 bits per heavy atom. The van der Waals surface area contributed by atoms with Gasteiger partial charge in [0.05, 0.1) is 4.83 Å². The Bertz CT molecular complexity index is 596. The molecule has 0 saturated heterocycles. The van der Waals surface area contributed by atoms with Crippen molar-refractivity contribution in [1.82, 2.24) is 0 Å². The van der Waals surface area contributed by atoms with Crippen LogP contribution < -0.4 is 4.74 Å². The van der Waals surface area contributed by atoms with Crippen molar-refractivity contribution < 1.29 is 9.47 Å². The second kappa shape index (κ2) is 4.25. The highest BCUT2D eigenvalue weighted by Crippen LogP contribution is 2.40. The van der Waals surface area contributed by atoms with Crippen molar-refractivity contribution >= 4 is 26.7 Å². The van der Waals surface area contributed by atoms with E-state index in [1.54, 1.807) is 7.11 Å². The van der Waals surface area contributed by atoms with Crippen molar-refractivity contribution in [3.05, 3.63) is 42.0 Å². The molecule has 2 aromatic carbocycles. The van der Waals surface area contributed by atoms with Crippen LogP contribution in [0.15, 0.2) is 36.4 Å². The summed E-state index contributed by atoms with van der Waals surface area (Å²) in [6.45, 7) is 1.96. The molecule has 18 heavy (non-hydrogen) atoms. The zero-order valence-corrected chi connectivity index (χ0v) is 12.0. The molecule has 94 valence electrons. The lowest BCUT2D eigenvalue weighted by Crippen LogP contribution is -2.47. The molecule has 0 aliphatic carbocycles. The van der Waals surface area contributed by atoms with Crippen LogP contribution in [0.1, 0.15) is 12.5 Å². The monoisotopic (exact) mass is 306 g/mol. The predicted octanol–water partition coefficient (Wildman–Crippen LogP) is 3.90. The fraction of sp³-hybridized carbons (Fsp3) is 0.333. The first kappa shape index (κ1) is 12.0. The summed E-state index contributed by atoms with van der Waals surface area (Å²) in [7, 11) is 1.68. The Labute approximate surface area is 115 Å². The first-order valence-electron chi connectivity index (χ1n) is 6.03. The highest BCUT2D eigenvalue weighted by molar-refractivity contribution is 9.09. The van der Waals surface area contributed by atoms with Gasteiger partial charge >= 0.3 is 0 Å². The molecule has 0 aromatic heterocycles. The Hall–Kier alpha value is -1.06. The summed E-state index contributed by atoms with van der Waals surface area (Å²) >= 11 is 3.68. The van der Waals surface area contributed by atoms with Gasteiger partial charge in [0.15, 0.2) is 0 Å². The summed E-state index contributed by atoms with van der Waals surface area (Å²) < 4.78 is 11.5. The molecule has 0 amide bonds. The number of fused-ring (bicyclic) bond motifs is 3. The number of methoxy groups -OCH3 is 1. The minimum absolute atomic E-state index is 0.147. The lowest BCUT2D eigenvalue weighted by molar-refractivity contribution is -0.153. The summed E-state index contributed by atoms with van der Waals surface area (Å²) in [4.78, 5) is 0.147. The summed E-state index contributed by atoms with van der Waals surface area (Å²) in [5, 5.41) is 2.51. The lowest BCUT2D eigenvalue weighted by Gasteiger charge is -2.38. The van der Waals surface area contributed by atoms with Gasteiger partial charge in [-0.15, -0.1) is 0 Å². The van der Waals surface area contributed by atoms with E-state index in [0.29, 0.717) is 0 Å². The van der Waals surface area contributed by atoms with E-state index in [-0.39, 0.29) is 4.83 Å². The molecule has 3 rings (SSSR count). The molecular formula is C15H15BrO2. The van der Waals surface area contributed by atoms with E-state index in [4.69, 9.17) is 9.47 Å². The van der Waals surface area contributed by atoms with Crippen molar-refractivity contribution in [3.8, 4) is 5.75 Å². The number of hydrogen-bond donors (Lipinski definition) is 0. The number of halogens is 1. The van der Waals surface area contributed by atoms with Gasteiger partial charge in [0, 0.05) is 19.6 Å². The zero-order valence-electron chi connectivity index (χ0n) is 10.4. The highest BCUT2D eigenvalue weighted by Gasteiger charge is 2.40. The maximum atomic E-state index is 6.02. The standard InChI is InChI=1S/C15H15BrO2/c1-15(17-2)14(16)9-12-11-6-4-3-5-10(11)7-8-13(12)18-15/h3-8,14H,9H2,1-2H3/t14-,15+/m1/s1. The molecule has 0 saturated carbocycles. The van der Waals surface area contributed by atoms with Gasteiger partial charge in [-0.1, -0.05) is 46.3 Å². The molecule has 2 nitrogen and oxygen atoms in total. The first-order valence-corrected chi connectivity index (χ1v) is 6.94. The van der Waals surface area contributed by atoms with Gasteiger partial charge in [0.1, 0.15) is 5.75 Å². The van der Waals surface area contributed by atoms with Crippen LogP contribution in [0, 0.1) is 0 Å². The number of alkyl halides is 1. The Morgan fingerprint density at radius 1 is 1.28 bits per heavy atom. The topological polar surface area (TPSA) is 18.5 Å². The molecule has 0 fully saturated rings. The fourth-order valence-electron chi connectivity index (χ4n) is 2.44. The lowest BCUT2D eigenvalue weighted by atomic mass is 9.95. The summed E-state index contributed by atoms with van der Waals surface area (Å²) in [5.41, 5.74) is 1.25. The Balaban J connectivity index is 2.17. The molecule has 0 N–H and O–H groups in total. The minimum Gasteiger partial charge on any atom is -0.461 e. The van der Waals surface area contributed by atoms with Crippen molar-refractivity contribution in [2.24, 2.45) is 0 Å². The molecule has 0 bridgehead atoms. The highest BCUT2D eigenvalue weighted by atomic mass is 79.9. The van der Waals surface area contributed by atoms with Gasteiger partial charge in [0.2, 0.25) is 5.79 Å². The smallest absolute Gasteiger partial charge is 0.220 e. The average Bonchev–Trinajstić information content (AvgIpc) is 2.40. The second-order valence-electron chi connectivity index (χ2n) is 4.76. The molecule has 2 atom stereocenters. The van der Waals surface area contributed by atoms with Gasteiger partial charge < -0.3 is 9.47 Å². The third-order valence-corrected chi connectivity index (χ3v) is 4.82. The molecule has 1 aliphatic heterocycles. The van der Waals surface area contributed by atoms with E-state index in [0.717, 1.165) is 12.2 Å². The zero-order chi connectivity index (χ0) is 12.8. The fourth-order valence-corrected chi connectivity index (χ4v) is 3.04. The molecule has 1 aliphatic rings. The van der Waals surface area contributed by atoms with Gasteiger partial charge in [-0.3, -0.25) is 0 Å². The van der Waals surface area contributed by atoms with E-state index in [9.17, 15) is 0 Å². The van der Waals surface area contributed by atoms with Crippen LogP contribution in [0.4, 0.5) is 0 Å². The second-order valence-corrected chi connectivity index (χ2v) is 5.86. The molecule has 2 aromatic rings. The van der Waals surface area contributed by atoms with Crippen LogP contribution >= 0.6 is 15.9 Å².